The van der Waals surface area contributed by atoms with E-state index in [9.17, 15) is 45.0 Å². The second-order valence-electron chi connectivity index (χ2n) is 8.17. The zero-order valence-electron chi connectivity index (χ0n) is 18.7. The summed E-state index contributed by atoms with van der Waals surface area (Å²) >= 11 is 0. The van der Waals surface area contributed by atoms with Gasteiger partial charge >= 0.3 is 0 Å². The molecule has 6 N–H and O–H groups in total. The molecule has 9 heteroatoms. The Morgan fingerprint density at radius 2 is 0.886 bits per heavy atom. The lowest BCUT2D eigenvalue weighted by atomic mass is 9.69. The van der Waals surface area contributed by atoms with Crippen LogP contribution >= 0.6 is 0 Å². The molecule has 182 valence electrons. The first-order valence-corrected chi connectivity index (χ1v) is 10.5. The Bertz CT molecular complexity index is 1260. The molecule has 9 nitrogen and oxygen atoms in total. The van der Waals surface area contributed by atoms with Gasteiger partial charge in [0.2, 0.25) is 0 Å². The number of carbonyl (C=O) groups is 3. The van der Waals surface area contributed by atoms with Gasteiger partial charge in [-0.15, -0.1) is 0 Å². The first-order valence-electron chi connectivity index (χ1n) is 10.5. The van der Waals surface area contributed by atoms with Gasteiger partial charge in [-0.25, -0.2) is 0 Å². The van der Waals surface area contributed by atoms with Crippen molar-refractivity contribution in [2.75, 3.05) is 0 Å². The lowest BCUT2D eigenvalue weighted by Gasteiger charge is -2.34. The van der Waals surface area contributed by atoms with Gasteiger partial charge in [0.05, 0.1) is 36.5 Å². The molecule has 3 aromatic rings. The van der Waals surface area contributed by atoms with Crippen molar-refractivity contribution in [1.29, 1.82) is 0 Å². The molecule has 0 spiro atoms. The lowest BCUT2D eigenvalue weighted by Crippen LogP contribution is -2.27. The largest absolute Gasteiger partial charge is 0.507 e. The molecular formula is C26H24O9. The highest BCUT2D eigenvalue weighted by atomic mass is 16.3. The summed E-state index contributed by atoms with van der Waals surface area (Å²) in [5, 5.41) is 60.3. The predicted octanol–water partition coefficient (Wildman–Crippen LogP) is 2.07. The fourth-order valence-electron chi connectivity index (χ4n) is 4.16. The minimum Gasteiger partial charge on any atom is -0.507 e. The standard InChI is InChI=1S/C26H24O9/c1-26(20-2-14(8-27)23(33)15(3-20)9-28,21-4-16(10-29)24(34)17(5-21)11-30)22-6-18(12-31)25(35)19(7-22)13-32/h2-10,30-35H,11-13H2,1H3. The summed E-state index contributed by atoms with van der Waals surface area (Å²) in [5.74, 6) is -1.25. The van der Waals surface area contributed by atoms with E-state index >= 15 is 0 Å². The topological polar surface area (TPSA) is 173 Å². The molecule has 0 aliphatic heterocycles. The molecule has 0 radical (unpaired) electrons. The number of carbonyl (C=O) groups excluding carboxylic acids is 3. The van der Waals surface area contributed by atoms with E-state index in [4.69, 9.17) is 0 Å². The van der Waals surface area contributed by atoms with Crippen LogP contribution in [-0.4, -0.2) is 49.5 Å². The van der Waals surface area contributed by atoms with Crippen LogP contribution < -0.4 is 0 Å². The number of aliphatic hydroxyl groups is 3. The smallest absolute Gasteiger partial charge is 0.153 e. The van der Waals surface area contributed by atoms with Crippen molar-refractivity contribution in [2.24, 2.45) is 0 Å². The molecule has 0 saturated heterocycles. The average Bonchev–Trinajstić information content (AvgIpc) is 2.88. The number of aliphatic hydroxyl groups excluding tert-OH is 3. The van der Waals surface area contributed by atoms with E-state index in [0.29, 0.717) is 35.5 Å². The molecule has 3 aromatic carbocycles. The van der Waals surface area contributed by atoms with Crippen molar-refractivity contribution in [3.05, 3.63) is 86.5 Å². The zero-order chi connectivity index (χ0) is 25.9. The van der Waals surface area contributed by atoms with Gasteiger partial charge in [-0.2, -0.15) is 0 Å². The van der Waals surface area contributed by atoms with E-state index in [2.05, 4.69) is 0 Å². The number of rotatable bonds is 9. The SMILES string of the molecule is CC(c1cc(C=O)c(O)c(C=O)c1)(c1cc(C=O)c(O)c(CO)c1)c1cc(CO)c(O)c(CO)c1. The highest BCUT2D eigenvalue weighted by molar-refractivity contribution is 5.89. The predicted molar refractivity (Wildman–Crippen MR) is 124 cm³/mol. The van der Waals surface area contributed by atoms with Crippen LogP contribution in [-0.2, 0) is 25.2 Å². The molecule has 0 bridgehead atoms. The van der Waals surface area contributed by atoms with Crippen LogP contribution in [0.4, 0.5) is 0 Å². The molecule has 0 amide bonds. The quantitative estimate of drug-likeness (QED) is 0.198. The number of phenolic OH excluding ortho intramolecular Hbond substituents is 1. The van der Waals surface area contributed by atoms with Gasteiger partial charge < -0.3 is 30.6 Å². The average molecular weight is 480 g/mol. The van der Waals surface area contributed by atoms with E-state index in [-0.39, 0.29) is 39.1 Å². The second kappa shape index (κ2) is 10.1. The van der Waals surface area contributed by atoms with Gasteiger partial charge in [0.25, 0.3) is 0 Å². The summed E-state index contributed by atoms with van der Waals surface area (Å²) in [5.41, 5.74) is -0.653. The summed E-state index contributed by atoms with van der Waals surface area (Å²) in [6.45, 7) is -0.104. The molecule has 0 fully saturated rings. The van der Waals surface area contributed by atoms with E-state index in [1.165, 1.54) is 36.4 Å². The second-order valence-corrected chi connectivity index (χ2v) is 8.17. The van der Waals surface area contributed by atoms with Crippen LogP contribution in [0.5, 0.6) is 17.2 Å². The van der Waals surface area contributed by atoms with Gasteiger partial charge in [-0.3, -0.25) is 14.4 Å². The van der Waals surface area contributed by atoms with Gasteiger partial charge in [-0.05, 0) is 60.0 Å². The number of aromatic hydroxyl groups is 3. The maximum Gasteiger partial charge on any atom is 0.153 e. The Morgan fingerprint density at radius 3 is 1.26 bits per heavy atom. The lowest BCUT2D eigenvalue weighted by molar-refractivity contribution is 0.110. The summed E-state index contributed by atoms with van der Waals surface area (Å²) in [7, 11) is 0. The number of hydrogen-bond acceptors (Lipinski definition) is 9. The monoisotopic (exact) mass is 480 g/mol. The fourth-order valence-corrected chi connectivity index (χ4v) is 4.16. The van der Waals surface area contributed by atoms with Crippen molar-refractivity contribution >= 4 is 18.9 Å². The third-order valence-electron chi connectivity index (χ3n) is 6.28. The van der Waals surface area contributed by atoms with Crippen LogP contribution in [0.1, 0.15) is 71.4 Å². The van der Waals surface area contributed by atoms with Crippen LogP contribution in [0, 0.1) is 0 Å². The normalized spacial score (nSPS) is 12.7. The number of benzene rings is 3. The minimum absolute atomic E-state index is 0.0318. The maximum atomic E-state index is 11.7. The van der Waals surface area contributed by atoms with Crippen molar-refractivity contribution in [3.63, 3.8) is 0 Å². The van der Waals surface area contributed by atoms with Crippen LogP contribution in [0.25, 0.3) is 0 Å². The highest BCUT2D eigenvalue weighted by Crippen LogP contribution is 2.44. The molecule has 0 heterocycles. The van der Waals surface area contributed by atoms with Crippen LogP contribution in [0.3, 0.4) is 0 Å². The molecule has 1 unspecified atom stereocenters. The number of aldehydes is 3. The molecule has 0 aromatic heterocycles. The Balaban J connectivity index is 2.53. The molecule has 3 rings (SSSR count). The van der Waals surface area contributed by atoms with Gasteiger partial charge in [0.1, 0.15) is 17.2 Å². The Hall–Kier alpha value is -4.05. The third kappa shape index (κ3) is 4.28. The van der Waals surface area contributed by atoms with Gasteiger partial charge in [0, 0.05) is 22.1 Å². The van der Waals surface area contributed by atoms with Crippen molar-refractivity contribution in [1.82, 2.24) is 0 Å². The van der Waals surface area contributed by atoms with Gasteiger partial charge in [0.15, 0.2) is 18.9 Å². The van der Waals surface area contributed by atoms with E-state index in [1.54, 1.807) is 6.92 Å². The van der Waals surface area contributed by atoms with Crippen LogP contribution in [0.2, 0.25) is 0 Å². The van der Waals surface area contributed by atoms with E-state index in [1.807, 2.05) is 0 Å². The molecule has 1 atom stereocenters. The van der Waals surface area contributed by atoms with E-state index in [0.717, 1.165) is 0 Å². The molecule has 0 aliphatic carbocycles. The number of hydrogen-bond donors (Lipinski definition) is 6. The Kier molecular flexibility index (Phi) is 7.35. The first-order chi connectivity index (χ1) is 16.7. The molecule has 35 heavy (non-hydrogen) atoms. The Morgan fingerprint density at radius 1 is 0.571 bits per heavy atom. The highest BCUT2D eigenvalue weighted by Gasteiger charge is 2.35. The van der Waals surface area contributed by atoms with Crippen molar-refractivity contribution in [3.8, 4) is 17.2 Å². The fraction of sp³-hybridized carbons (Fsp3) is 0.192. The summed E-state index contributed by atoms with van der Waals surface area (Å²) in [4.78, 5) is 35.0. The van der Waals surface area contributed by atoms with E-state index < -0.39 is 36.7 Å². The molecule has 0 saturated carbocycles. The Labute approximate surface area is 200 Å². The first kappa shape index (κ1) is 25.6. The van der Waals surface area contributed by atoms with Crippen molar-refractivity contribution in [2.45, 2.75) is 32.2 Å². The minimum atomic E-state index is -1.35. The zero-order valence-corrected chi connectivity index (χ0v) is 18.7. The number of phenols is 3. The summed E-state index contributed by atoms with van der Waals surface area (Å²) < 4.78 is 0. The maximum absolute atomic E-state index is 11.7. The summed E-state index contributed by atoms with van der Waals surface area (Å²) in [6, 6.07) is 8.38. The van der Waals surface area contributed by atoms with Gasteiger partial charge in [-0.1, -0.05) is 0 Å². The molecular weight excluding hydrogens is 456 g/mol. The van der Waals surface area contributed by atoms with Crippen LogP contribution in [0.15, 0.2) is 36.4 Å². The van der Waals surface area contributed by atoms with Crippen molar-refractivity contribution < 1.29 is 45.0 Å². The summed E-state index contributed by atoms with van der Waals surface area (Å²) in [6.07, 6.45) is 1.14. The third-order valence-corrected chi connectivity index (χ3v) is 6.28. The molecule has 0 aliphatic rings.